The summed E-state index contributed by atoms with van der Waals surface area (Å²) in [4.78, 5) is 0. The van der Waals surface area contributed by atoms with Crippen molar-refractivity contribution in [3.8, 4) is 0 Å². The molecule has 1 heterocycles. The fourth-order valence-electron chi connectivity index (χ4n) is 2.10. The molecule has 0 aliphatic carbocycles. The number of alkyl halides is 3. The number of fused-ring (bicyclic) bond motifs is 1. The summed E-state index contributed by atoms with van der Waals surface area (Å²) in [6.07, 6.45) is -4.30. The van der Waals surface area contributed by atoms with Gasteiger partial charge in [0, 0.05) is 11.9 Å². The lowest BCUT2D eigenvalue weighted by atomic mass is 10.1. The average molecular weight is 291 g/mol. The van der Waals surface area contributed by atoms with E-state index in [0.29, 0.717) is 12.4 Å². The van der Waals surface area contributed by atoms with Crippen molar-refractivity contribution < 1.29 is 13.2 Å². The second-order valence-corrected chi connectivity index (χ2v) is 4.67. The molecule has 3 rings (SSSR count). The maximum atomic E-state index is 12.5. The second kappa shape index (κ2) is 5.12. The van der Waals surface area contributed by atoms with E-state index in [1.165, 1.54) is 12.1 Å². The zero-order chi connectivity index (χ0) is 14.9. The molecule has 21 heavy (non-hydrogen) atoms. The molecule has 0 amide bonds. The van der Waals surface area contributed by atoms with Crippen LogP contribution in [0.1, 0.15) is 11.1 Å². The molecule has 0 bridgehead atoms. The van der Waals surface area contributed by atoms with Gasteiger partial charge in [-0.05, 0) is 29.8 Å². The Morgan fingerprint density at radius 3 is 2.43 bits per heavy atom. The normalized spacial score (nSPS) is 11.8. The van der Waals surface area contributed by atoms with Crippen LogP contribution in [0.15, 0.2) is 48.5 Å². The predicted octanol–water partition coefficient (Wildman–Crippen LogP) is 4.19. The van der Waals surface area contributed by atoms with Crippen molar-refractivity contribution in [2.75, 3.05) is 5.32 Å². The Labute approximate surface area is 118 Å². The first kappa shape index (κ1) is 13.5. The summed E-state index contributed by atoms with van der Waals surface area (Å²) in [5, 5.41) is 11.1. The Morgan fingerprint density at radius 1 is 1.00 bits per heavy atom. The lowest BCUT2D eigenvalue weighted by Gasteiger charge is -2.08. The maximum absolute atomic E-state index is 12.5. The topological polar surface area (TPSA) is 40.7 Å². The van der Waals surface area contributed by atoms with Crippen LogP contribution in [0.2, 0.25) is 0 Å². The third kappa shape index (κ3) is 2.84. The van der Waals surface area contributed by atoms with E-state index < -0.39 is 11.7 Å². The summed E-state index contributed by atoms with van der Waals surface area (Å²) in [7, 11) is 0. The van der Waals surface area contributed by atoms with Crippen molar-refractivity contribution >= 4 is 16.7 Å². The third-order valence-corrected chi connectivity index (χ3v) is 3.21. The average Bonchev–Trinajstić information content (AvgIpc) is 2.88. The van der Waals surface area contributed by atoms with Gasteiger partial charge in [0.15, 0.2) is 5.82 Å². The molecular formula is C15H12F3N3. The number of aromatic amines is 1. The van der Waals surface area contributed by atoms with E-state index >= 15 is 0 Å². The SMILES string of the molecule is FC(F)(F)c1ccc(CNc2n[nH]c3ccccc23)cc1. The molecule has 0 aliphatic rings. The van der Waals surface area contributed by atoms with Crippen molar-refractivity contribution in [1.29, 1.82) is 0 Å². The van der Waals surface area contributed by atoms with E-state index in [4.69, 9.17) is 0 Å². The van der Waals surface area contributed by atoms with Gasteiger partial charge in [0.1, 0.15) is 0 Å². The van der Waals surface area contributed by atoms with Gasteiger partial charge in [0.2, 0.25) is 0 Å². The number of nitrogens with one attached hydrogen (secondary N) is 2. The maximum Gasteiger partial charge on any atom is 0.416 e. The molecule has 0 unspecified atom stereocenters. The van der Waals surface area contributed by atoms with Crippen molar-refractivity contribution in [3.63, 3.8) is 0 Å². The second-order valence-electron chi connectivity index (χ2n) is 4.67. The number of benzene rings is 2. The Hall–Kier alpha value is -2.50. The first-order valence-corrected chi connectivity index (χ1v) is 6.37. The molecule has 1 aromatic heterocycles. The number of hydrogen-bond acceptors (Lipinski definition) is 2. The molecule has 2 N–H and O–H groups in total. The van der Waals surface area contributed by atoms with Crippen molar-refractivity contribution in [2.45, 2.75) is 12.7 Å². The minimum atomic E-state index is -4.30. The standard InChI is InChI=1S/C15H12F3N3/c16-15(17,18)11-7-5-10(6-8-11)9-19-14-12-3-1-2-4-13(12)20-21-14/h1-8H,9H2,(H2,19,20,21). The van der Waals surface area contributed by atoms with Gasteiger partial charge in [0.05, 0.1) is 11.1 Å². The third-order valence-electron chi connectivity index (χ3n) is 3.21. The van der Waals surface area contributed by atoms with Crippen molar-refractivity contribution in [1.82, 2.24) is 10.2 Å². The molecule has 0 saturated carbocycles. The van der Waals surface area contributed by atoms with Crippen LogP contribution < -0.4 is 5.32 Å². The number of anilines is 1. The molecule has 3 nitrogen and oxygen atoms in total. The highest BCUT2D eigenvalue weighted by molar-refractivity contribution is 5.89. The molecule has 2 aromatic carbocycles. The first-order chi connectivity index (χ1) is 10.0. The van der Waals surface area contributed by atoms with Crippen molar-refractivity contribution in [2.24, 2.45) is 0 Å². The first-order valence-electron chi connectivity index (χ1n) is 6.37. The van der Waals surface area contributed by atoms with Crippen LogP contribution in [0, 0.1) is 0 Å². The summed E-state index contributed by atoms with van der Waals surface area (Å²) < 4.78 is 37.4. The van der Waals surface area contributed by atoms with E-state index in [9.17, 15) is 13.2 Å². The van der Waals surface area contributed by atoms with Crippen LogP contribution in [-0.4, -0.2) is 10.2 Å². The fraction of sp³-hybridized carbons (Fsp3) is 0.133. The van der Waals surface area contributed by atoms with Gasteiger partial charge in [0.25, 0.3) is 0 Å². The monoisotopic (exact) mass is 291 g/mol. The van der Waals surface area contributed by atoms with Gasteiger partial charge in [-0.1, -0.05) is 24.3 Å². The minimum absolute atomic E-state index is 0.410. The molecule has 0 aliphatic heterocycles. The number of nitrogens with zero attached hydrogens (tertiary/aromatic N) is 1. The van der Waals surface area contributed by atoms with E-state index in [-0.39, 0.29) is 0 Å². The Morgan fingerprint density at radius 2 is 1.71 bits per heavy atom. The molecule has 0 fully saturated rings. The van der Waals surface area contributed by atoms with Gasteiger partial charge in [-0.2, -0.15) is 18.3 Å². The lowest BCUT2D eigenvalue weighted by molar-refractivity contribution is -0.137. The summed E-state index contributed by atoms with van der Waals surface area (Å²) in [6.45, 7) is 0.410. The Balaban J connectivity index is 1.73. The largest absolute Gasteiger partial charge is 0.416 e. The summed E-state index contributed by atoms with van der Waals surface area (Å²) in [6, 6.07) is 12.7. The molecule has 108 valence electrons. The Bertz CT molecular complexity index is 745. The number of H-pyrrole nitrogens is 1. The van der Waals surface area contributed by atoms with Crippen molar-refractivity contribution in [3.05, 3.63) is 59.7 Å². The zero-order valence-electron chi connectivity index (χ0n) is 10.9. The zero-order valence-corrected chi connectivity index (χ0v) is 10.9. The van der Waals surface area contributed by atoms with E-state index in [2.05, 4.69) is 15.5 Å². The molecule has 0 spiro atoms. The fourth-order valence-corrected chi connectivity index (χ4v) is 2.10. The van der Waals surface area contributed by atoms with Crippen LogP contribution >= 0.6 is 0 Å². The minimum Gasteiger partial charge on any atom is -0.364 e. The van der Waals surface area contributed by atoms with E-state index in [1.807, 2.05) is 24.3 Å². The van der Waals surface area contributed by atoms with E-state index in [1.54, 1.807) is 0 Å². The summed E-state index contributed by atoms with van der Waals surface area (Å²) >= 11 is 0. The van der Waals surface area contributed by atoms with Gasteiger partial charge in [-0.25, -0.2) is 0 Å². The smallest absolute Gasteiger partial charge is 0.364 e. The molecule has 6 heteroatoms. The lowest BCUT2D eigenvalue weighted by Crippen LogP contribution is -2.05. The highest BCUT2D eigenvalue weighted by Gasteiger charge is 2.29. The highest BCUT2D eigenvalue weighted by Crippen LogP contribution is 2.29. The number of para-hydroxylation sites is 1. The van der Waals surface area contributed by atoms with Crippen LogP contribution in [0.5, 0.6) is 0 Å². The van der Waals surface area contributed by atoms with E-state index in [0.717, 1.165) is 28.6 Å². The van der Waals surface area contributed by atoms with Crippen LogP contribution in [0.25, 0.3) is 10.9 Å². The molecule has 0 radical (unpaired) electrons. The van der Waals surface area contributed by atoms with Gasteiger partial charge in [-0.3, -0.25) is 5.10 Å². The Kier molecular flexibility index (Phi) is 3.29. The number of rotatable bonds is 3. The van der Waals surface area contributed by atoms with Crippen LogP contribution in [0.3, 0.4) is 0 Å². The van der Waals surface area contributed by atoms with Crippen LogP contribution in [-0.2, 0) is 12.7 Å². The highest BCUT2D eigenvalue weighted by atomic mass is 19.4. The van der Waals surface area contributed by atoms with Gasteiger partial charge in [-0.15, -0.1) is 0 Å². The summed E-state index contributed by atoms with van der Waals surface area (Å²) in [5.74, 6) is 0.686. The quantitative estimate of drug-likeness (QED) is 0.759. The number of halogens is 3. The molecule has 0 saturated heterocycles. The van der Waals surface area contributed by atoms with Gasteiger partial charge < -0.3 is 5.32 Å². The predicted molar refractivity (Wildman–Crippen MR) is 74.9 cm³/mol. The molecule has 3 aromatic rings. The number of aromatic nitrogens is 2. The molecule has 0 atom stereocenters. The summed E-state index contributed by atoms with van der Waals surface area (Å²) in [5.41, 5.74) is 1.03. The van der Waals surface area contributed by atoms with Gasteiger partial charge >= 0.3 is 6.18 Å². The van der Waals surface area contributed by atoms with Crippen LogP contribution in [0.4, 0.5) is 19.0 Å². The number of hydrogen-bond donors (Lipinski definition) is 2. The molecular weight excluding hydrogens is 279 g/mol.